The lowest BCUT2D eigenvalue weighted by atomic mass is 9.96. The van der Waals surface area contributed by atoms with Crippen LogP contribution in [0.25, 0.3) is 0 Å². The maximum Gasteiger partial charge on any atom is 0.191 e. The minimum atomic E-state index is -0.0819. The van der Waals surface area contributed by atoms with Gasteiger partial charge in [-0.15, -0.1) is 0 Å². The zero-order chi connectivity index (χ0) is 18.5. The molecule has 0 aliphatic carbocycles. The van der Waals surface area contributed by atoms with Crippen molar-refractivity contribution in [3.63, 3.8) is 0 Å². The number of thiocarbonyl (C=S) groups is 1. The highest BCUT2D eigenvalue weighted by atomic mass is 32.1. The van der Waals surface area contributed by atoms with Crippen LogP contribution in [-0.2, 0) is 0 Å². The molecule has 1 atom stereocenters. The molecule has 2 N–H and O–H groups in total. The predicted molar refractivity (Wildman–Crippen MR) is 111 cm³/mol. The van der Waals surface area contributed by atoms with E-state index in [1.54, 1.807) is 12.4 Å². The third-order valence-electron chi connectivity index (χ3n) is 4.23. The SMILES string of the molecule is S=C(N/N=C1\CC(c2ccccc2)Oc2ccccc21)Nc1cccnc1. The molecule has 0 amide bonds. The number of rotatable bonds is 3. The number of pyridine rings is 1. The highest BCUT2D eigenvalue weighted by Crippen LogP contribution is 2.34. The van der Waals surface area contributed by atoms with Crippen LogP contribution in [0.2, 0.25) is 0 Å². The summed E-state index contributed by atoms with van der Waals surface area (Å²) in [5.41, 5.74) is 6.75. The van der Waals surface area contributed by atoms with Crippen LogP contribution in [0, 0.1) is 0 Å². The summed E-state index contributed by atoms with van der Waals surface area (Å²) in [5.74, 6) is 0.823. The first-order chi connectivity index (χ1) is 13.3. The van der Waals surface area contributed by atoms with E-state index in [1.165, 1.54) is 0 Å². The van der Waals surface area contributed by atoms with Crippen molar-refractivity contribution in [2.24, 2.45) is 5.10 Å². The van der Waals surface area contributed by atoms with Crippen molar-refractivity contribution < 1.29 is 4.74 Å². The zero-order valence-electron chi connectivity index (χ0n) is 14.5. The van der Waals surface area contributed by atoms with Gasteiger partial charge in [-0.25, -0.2) is 0 Å². The number of hydrazone groups is 1. The van der Waals surface area contributed by atoms with E-state index in [0.717, 1.165) is 28.3 Å². The largest absolute Gasteiger partial charge is 0.485 e. The molecule has 4 rings (SSSR count). The van der Waals surface area contributed by atoms with E-state index in [9.17, 15) is 0 Å². The Morgan fingerprint density at radius 3 is 2.67 bits per heavy atom. The summed E-state index contributed by atoms with van der Waals surface area (Å²) in [6, 6.07) is 21.8. The van der Waals surface area contributed by atoms with Crippen LogP contribution in [0.15, 0.2) is 84.2 Å². The fourth-order valence-electron chi connectivity index (χ4n) is 2.96. The van der Waals surface area contributed by atoms with Gasteiger partial charge in [0.1, 0.15) is 11.9 Å². The third-order valence-corrected chi connectivity index (χ3v) is 4.42. The van der Waals surface area contributed by atoms with Crippen molar-refractivity contribution in [1.82, 2.24) is 10.4 Å². The van der Waals surface area contributed by atoms with Gasteiger partial charge in [0.2, 0.25) is 0 Å². The second-order valence-electron chi connectivity index (χ2n) is 6.08. The van der Waals surface area contributed by atoms with Crippen LogP contribution in [-0.4, -0.2) is 15.8 Å². The molecule has 5 nitrogen and oxygen atoms in total. The van der Waals surface area contributed by atoms with E-state index < -0.39 is 0 Å². The molecule has 1 aromatic heterocycles. The number of fused-ring (bicyclic) bond motifs is 1. The average Bonchev–Trinajstić information content (AvgIpc) is 2.73. The van der Waals surface area contributed by atoms with E-state index in [1.807, 2.05) is 54.6 Å². The Morgan fingerprint density at radius 2 is 1.85 bits per heavy atom. The molecule has 0 saturated heterocycles. The van der Waals surface area contributed by atoms with Crippen molar-refractivity contribution >= 4 is 28.7 Å². The van der Waals surface area contributed by atoms with Crippen LogP contribution in [0.5, 0.6) is 5.75 Å². The Kier molecular flexibility index (Phi) is 5.07. The van der Waals surface area contributed by atoms with E-state index in [0.29, 0.717) is 11.5 Å². The Bertz CT molecular complexity index is 960. The lowest BCUT2D eigenvalue weighted by molar-refractivity contribution is 0.206. The van der Waals surface area contributed by atoms with Crippen molar-refractivity contribution in [2.45, 2.75) is 12.5 Å². The molecular weight excluding hydrogens is 356 g/mol. The van der Waals surface area contributed by atoms with E-state index in [4.69, 9.17) is 17.0 Å². The lowest BCUT2D eigenvalue weighted by Gasteiger charge is -2.27. The van der Waals surface area contributed by atoms with E-state index in [2.05, 4.69) is 33.0 Å². The number of para-hydroxylation sites is 1. The first-order valence-corrected chi connectivity index (χ1v) is 9.05. The molecule has 2 aromatic carbocycles. The summed E-state index contributed by atoms with van der Waals surface area (Å²) in [7, 11) is 0. The molecule has 0 spiro atoms. The zero-order valence-corrected chi connectivity index (χ0v) is 15.3. The number of nitrogens with one attached hydrogen (secondary N) is 2. The number of hydrogen-bond donors (Lipinski definition) is 2. The standard InChI is InChI=1S/C21H18N4OS/c27-21(23-16-9-6-12-22-14-16)25-24-18-13-20(15-7-2-1-3-8-15)26-19-11-5-4-10-17(18)19/h1-12,14,20H,13H2,(H2,23,25,27)/b24-18+. The number of ether oxygens (including phenoxy) is 1. The summed E-state index contributed by atoms with van der Waals surface area (Å²) < 4.78 is 6.19. The molecule has 1 aliphatic rings. The Hall–Kier alpha value is -3.25. The van der Waals surface area contributed by atoms with Crippen LogP contribution < -0.4 is 15.5 Å². The van der Waals surface area contributed by atoms with Gasteiger partial charge in [-0.05, 0) is 42.0 Å². The molecule has 0 radical (unpaired) electrons. The van der Waals surface area contributed by atoms with Crippen molar-refractivity contribution in [1.29, 1.82) is 0 Å². The van der Waals surface area contributed by atoms with Gasteiger partial charge in [0.25, 0.3) is 0 Å². The number of nitrogens with zero attached hydrogens (tertiary/aromatic N) is 2. The third kappa shape index (κ3) is 4.12. The minimum Gasteiger partial charge on any atom is -0.485 e. The molecule has 3 aromatic rings. The van der Waals surface area contributed by atoms with Crippen molar-refractivity contribution in [2.75, 3.05) is 5.32 Å². The van der Waals surface area contributed by atoms with Gasteiger partial charge < -0.3 is 10.1 Å². The van der Waals surface area contributed by atoms with Gasteiger partial charge in [0.15, 0.2) is 5.11 Å². The van der Waals surface area contributed by atoms with Gasteiger partial charge >= 0.3 is 0 Å². The van der Waals surface area contributed by atoms with Gasteiger partial charge in [-0.1, -0.05) is 42.5 Å². The number of benzene rings is 2. The van der Waals surface area contributed by atoms with Crippen LogP contribution in [0.3, 0.4) is 0 Å². The highest BCUT2D eigenvalue weighted by Gasteiger charge is 2.26. The molecule has 2 heterocycles. The molecule has 0 bridgehead atoms. The Labute approximate surface area is 163 Å². The highest BCUT2D eigenvalue weighted by molar-refractivity contribution is 7.80. The van der Waals surface area contributed by atoms with Gasteiger partial charge in [0, 0.05) is 18.2 Å². The maximum atomic E-state index is 6.19. The van der Waals surface area contributed by atoms with Gasteiger partial charge in [-0.2, -0.15) is 5.10 Å². The molecule has 134 valence electrons. The summed E-state index contributed by atoms with van der Waals surface area (Å²) in [4.78, 5) is 4.06. The average molecular weight is 374 g/mol. The van der Waals surface area contributed by atoms with Crippen molar-refractivity contribution in [3.8, 4) is 5.75 Å². The smallest absolute Gasteiger partial charge is 0.191 e. The Morgan fingerprint density at radius 1 is 1.04 bits per heavy atom. The Balaban J connectivity index is 1.54. The first kappa shape index (κ1) is 17.2. The molecule has 6 heteroatoms. The quantitative estimate of drug-likeness (QED) is 0.529. The summed E-state index contributed by atoms with van der Waals surface area (Å²) in [6.07, 6.45) is 3.99. The monoisotopic (exact) mass is 374 g/mol. The lowest BCUT2D eigenvalue weighted by Crippen LogP contribution is -2.28. The fraction of sp³-hybridized carbons (Fsp3) is 0.0952. The molecular formula is C21H18N4OS. The molecule has 27 heavy (non-hydrogen) atoms. The topological polar surface area (TPSA) is 58.5 Å². The van der Waals surface area contributed by atoms with Gasteiger partial charge in [-0.3, -0.25) is 10.4 Å². The van der Waals surface area contributed by atoms with E-state index >= 15 is 0 Å². The van der Waals surface area contributed by atoms with Crippen LogP contribution in [0.1, 0.15) is 23.7 Å². The molecule has 1 unspecified atom stereocenters. The number of hydrogen-bond acceptors (Lipinski definition) is 4. The van der Waals surface area contributed by atoms with Crippen molar-refractivity contribution in [3.05, 3.63) is 90.3 Å². The number of aromatic nitrogens is 1. The van der Waals surface area contributed by atoms with Crippen LogP contribution in [0.4, 0.5) is 5.69 Å². The second kappa shape index (κ2) is 7.97. The molecule has 0 fully saturated rings. The summed E-state index contributed by atoms with van der Waals surface area (Å²) in [5, 5.41) is 8.04. The minimum absolute atomic E-state index is 0.0819. The summed E-state index contributed by atoms with van der Waals surface area (Å²) in [6.45, 7) is 0. The fourth-order valence-corrected chi connectivity index (χ4v) is 3.13. The summed E-state index contributed by atoms with van der Waals surface area (Å²) >= 11 is 5.34. The number of anilines is 1. The predicted octanol–water partition coefficient (Wildman–Crippen LogP) is 4.30. The van der Waals surface area contributed by atoms with E-state index in [-0.39, 0.29) is 6.10 Å². The second-order valence-corrected chi connectivity index (χ2v) is 6.49. The van der Waals surface area contributed by atoms with Gasteiger partial charge in [0.05, 0.1) is 17.6 Å². The first-order valence-electron chi connectivity index (χ1n) is 8.64. The normalized spacial score (nSPS) is 16.9. The molecule has 1 aliphatic heterocycles. The van der Waals surface area contributed by atoms with Crippen LogP contribution >= 0.6 is 12.2 Å². The molecule has 0 saturated carbocycles. The maximum absolute atomic E-state index is 6.19.